The second-order valence-electron chi connectivity index (χ2n) is 7.23. The van der Waals surface area contributed by atoms with Crippen molar-refractivity contribution in [1.82, 2.24) is 10.3 Å². The van der Waals surface area contributed by atoms with E-state index in [4.69, 9.17) is 17.2 Å². The fourth-order valence-corrected chi connectivity index (χ4v) is 5.64. The number of carbonyl (C=O) groups is 1. The molecule has 0 radical (unpaired) electrons. The molecule has 4 aromatic carbocycles. The average Bonchev–Trinajstić information content (AvgIpc) is 3.24. The van der Waals surface area contributed by atoms with Crippen LogP contribution in [0.25, 0.3) is 31.6 Å². The first-order valence-electron chi connectivity index (χ1n) is 9.95. The van der Waals surface area contributed by atoms with Gasteiger partial charge in [0.1, 0.15) is 5.01 Å². The summed E-state index contributed by atoms with van der Waals surface area (Å²) in [6.45, 7) is 0. The number of nitrogens with one attached hydrogen (secondary N) is 2. The number of benzene rings is 4. The summed E-state index contributed by atoms with van der Waals surface area (Å²) < 4.78 is 2.97. The number of rotatable bonds is 3. The lowest BCUT2D eigenvalue weighted by molar-refractivity contribution is 0.0979. The molecule has 0 aliphatic heterocycles. The molecule has 0 saturated heterocycles. The maximum atomic E-state index is 13.0. The highest BCUT2D eigenvalue weighted by atomic mass is 79.9. The summed E-state index contributed by atoms with van der Waals surface area (Å²) in [5, 5.41) is 8.90. The fourth-order valence-electron chi connectivity index (χ4n) is 3.58. The molecule has 162 valence electrons. The molecule has 0 unspecified atom stereocenters. The van der Waals surface area contributed by atoms with Crippen molar-refractivity contribution in [3.8, 4) is 10.6 Å². The van der Waals surface area contributed by atoms with E-state index in [1.165, 1.54) is 0 Å². The molecule has 2 N–H and O–H groups in total. The summed E-state index contributed by atoms with van der Waals surface area (Å²) in [4.78, 5) is 17.8. The number of carbonyl (C=O) groups excluding carboxylic acids is 1. The standard InChI is InChI=1S/C25H15Br2N3OS2/c26-14-11-12-20(18(13-14)24-28-21-9-1-2-10-22(21)33-24)29-25(32)30-23(31)17-7-3-6-16-15(17)5-4-8-19(16)27/h1-13H,(H2,29,30,31,32). The number of amides is 1. The van der Waals surface area contributed by atoms with Crippen LogP contribution in [-0.4, -0.2) is 16.0 Å². The Morgan fingerprint density at radius 2 is 1.70 bits per heavy atom. The van der Waals surface area contributed by atoms with E-state index in [2.05, 4.69) is 48.6 Å². The van der Waals surface area contributed by atoms with Gasteiger partial charge in [-0.15, -0.1) is 11.3 Å². The Bertz CT molecular complexity index is 1510. The van der Waals surface area contributed by atoms with Crippen molar-refractivity contribution in [3.63, 3.8) is 0 Å². The summed E-state index contributed by atoms with van der Waals surface area (Å²) in [5.74, 6) is -0.269. The minimum absolute atomic E-state index is 0.219. The number of nitrogens with zero attached hydrogens (tertiary/aromatic N) is 1. The Kier molecular flexibility index (Phi) is 6.25. The molecule has 1 heterocycles. The summed E-state index contributed by atoms with van der Waals surface area (Å²) >= 11 is 14.2. The van der Waals surface area contributed by atoms with Crippen LogP contribution < -0.4 is 10.6 Å². The van der Waals surface area contributed by atoms with Gasteiger partial charge in [-0.1, -0.05) is 68.3 Å². The maximum Gasteiger partial charge on any atom is 0.258 e. The highest BCUT2D eigenvalue weighted by molar-refractivity contribution is 9.11. The third-order valence-corrected chi connectivity index (χ3v) is 7.55. The molecule has 1 aromatic heterocycles. The number of fused-ring (bicyclic) bond motifs is 2. The van der Waals surface area contributed by atoms with Gasteiger partial charge in [-0.05, 0) is 65.5 Å². The second-order valence-corrected chi connectivity index (χ2v) is 10.4. The molecule has 0 atom stereocenters. The van der Waals surface area contributed by atoms with E-state index < -0.39 is 0 Å². The lowest BCUT2D eigenvalue weighted by Crippen LogP contribution is -2.34. The molecule has 1 amide bonds. The van der Waals surface area contributed by atoms with Crippen LogP contribution in [0, 0.1) is 0 Å². The molecule has 4 nitrogen and oxygen atoms in total. The summed E-state index contributed by atoms with van der Waals surface area (Å²) in [7, 11) is 0. The molecular weight excluding hydrogens is 582 g/mol. The zero-order chi connectivity index (χ0) is 22.9. The number of para-hydroxylation sites is 1. The Morgan fingerprint density at radius 1 is 0.909 bits per heavy atom. The lowest BCUT2D eigenvalue weighted by Gasteiger charge is -2.14. The van der Waals surface area contributed by atoms with Crippen LogP contribution in [0.2, 0.25) is 0 Å². The quantitative estimate of drug-likeness (QED) is 0.209. The van der Waals surface area contributed by atoms with E-state index in [1.54, 1.807) is 17.4 Å². The minimum Gasteiger partial charge on any atom is -0.332 e. The highest BCUT2D eigenvalue weighted by Gasteiger charge is 2.15. The molecule has 0 bridgehead atoms. The van der Waals surface area contributed by atoms with E-state index >= 15 is 0 Å². The maximum absolute atomic E-state index is 13.0. The number of thiocarbonyl (C=S) groups is 1. The molecule has 0 saturated carbocycles. The van der Waals surface area contributed by atoms with Crippen LogP contribution in [0.4, 0.5) is 5.69 Å². The van der Waals surface area contributed by atoms with Gasteiger partial charge >= 0.3 is 0 Å². The van der Waals surface area contributed by atoms with Crippen molar-refractivity contribution in [2.75, 3.05) is 5.32 Å². The van der Waals surface area contributed by atoms with E-state index in [-0.39, 0.29) is 11.0 Å². The van der Waals surface area contributed by atoms with Crippen molar-refractivity contribution < 1.29 is 4.79 Å². The number of hydrogen-bond donors (Lipinski definition) is 2. The van der Waals surface area contributed by atoms with Gasteiger partial charge in [0.05, 0.1) is 15.9 Å². The van der Waals surface area contributed by atoms with Gasteiger partial charge in [-0.2, -0.15) is 0 Å². The number of aromatic nitrogens is 1. The molecule has 0 fully saturated rings. The molecular formula is C25H15Br2N3OS2. The number of anilines is 1. The SMILES string of the molecule is O=C(NC(=S)Nc1ccc(Br)cc1-c1nc2ccccc2s1)c1cccc2c(Br)cccc12. The Labute approximate surface area is 216 Å². The van der Waals surface area contributed by atoms with Gasteiger partial charge in [0, 0.05) is 20.1 Å². The number of hydrogen-bond acceptors (Lipinski definition) is 4. The van der Waals surface area contributed by atoms with E-state index in [0.29, 0.717) is 5.56 Å². The fraction of sp³-hybridized carbons (Fsp3) is 0. The zero-order valence-corrected chi connectivity index (χ0v) is 21.7. The van der Waals surface area contributed by atoms with Crippen LogP contribution in [0.15, 0.2) is 87.8 Å². The largest absolute Gasteiger partial charge is 0.332 e. The number of thiazole rings is 1. The minimum atomic E-state index is -0.269. The second kappa shape index (κ2) is 9.30. The average molecular weight is 597 g/mol. The lowest BCUT2D eigenvalue weighted by atomic mass is 10.0. The van der Waals surface area contributed by atoms with Crippen LogP contribution >= 0.6 is 55.4 Å². The van der Waals surface area contributed by atoms with Crippen LogP contribution in [0.3, 0.4) is 0 Å². The van der Waals surface area contributed by atoms with Gasteiger partial charge in [-0.25, -0.2) is 4.98 Å². The van der Waals surface area contributed by atoms with Crippen molar-refractivity contribution in [2.24, 2.45) is 0 Å². The molecule has 33 heavy (non-hydrogen) atoms. The normalized spacial score (nSPS) is 11.0. The summed E-state index contributed by atoms with van der Waals surface area (Å²) in [5.41, 5.74) is 3.17. The summed E-state index contributed by atoms with van der Waals surface area (Å²) in [6.07, 6.45) is 0. The zero-order valence-electron chi connectivity index (χ0n) is 16.9. The van der Waals surface area contributed by atoms with Crippen molar-refractivity contribution in [3.05, 3.63) is 93.4 Å². The van der Waals surface area contributed by atoms with Crippen LogP contribution in [0.1, 0.15) is 10.4 Å². The first-order chi connectivity index (χ1) is 16.0. The van der Waals surface area contributed by atoms with E-state index in [9.17, 15) is 4.79 Å². The first-order valence-corrected chi connectivity index (χ1v) is 12.8. The molecule has 0 spiro atoms. The molecule has 0 aliphatic carbocycles. The topological polar surface area (TPSA) is 54.0 Å². The Hall–Kier alpha value is -2.65. The Balaban J connectivity index is 1.42. The van der Waals surface area contributed by atoms with Crippen molar-refractivity contribution in [1.29, 1.82) is 0 Å². The van der Waals surface area contributed by atoms with E-state index in [1.807, 2.05) is 66.7 Å². The highest BCUT2D eigenvalue weighted by Crippen LogP contribution is 2.36. The first kappa shape index (κ1) is 22.2. The van der Waals surface area contributed by atoms with Gasteiger partial charge in [0.25, 0.3) is 5.91 Å². The van der Waals surface area contributed by atoms with Crippen LogP contribution in [0.5, 0.6) is 0 Å². The van der Waals surface area contributed by atoms with Crippen molar-refractivity contribution >= 4 is 93.1 Å². The molecule has 5 aromatic rings. The van der Waals surface area contributed by atoms with Crippen LogP contribution in [-0.2, 0) is 0 Å². The van der Waals surface area contributed by atoms with Gasteiger partial charge in [0.2, 0.25) is 0 Å². The van der Waals surface area contributed by atoms with Gasteiger partial charge in [-0.3, -0.25) is 10.1 Å². The Morgan fingerprint density at radius 3 is 2.55 bits per heavy atom. The monoisotopic (exact) mass is 595 g/mol. The molecule has 8 heteroatoms. The predicted molar refractivity (Wildman–Crippen MR) is 148 cm³/mol. The molecule has 5 rings (SSSR count). The summed E-state index contributed by atoms with van der Waals surface area (Å²) in [6, 6.07) is 25.3. The third kappa shape index (κ3) is 4.56. The van der Waals surface area contributed by atoms with Gasteiger partial charge < -0.3 is 5.32 Å². The van der Waals surface area contributed by atoms with Gasteiger partial charge in [0.15, 0.2) is 5.11 Å². The van der Waals surface area contributed by atoms with Crippen molar-refractivity contribution in [2.45, 2.75) is 0 Å². The molecule has 0 aliphatic rings. The van der Waals surface area contributed by atoms with E-state index in [0.717, 1.165) is 46.2 Å². The number of halogens is 2. The smallest absolute Gasteiger partial charge is 0.258 e. The third-order valence-electron chi connectivity index (χ3n) is 5.09. The predicted octanol–water partition coefficient (Wildman–Crippen LogP) is 7.77.